The van der Waals surface area contributed by atoms with Crippen LogP contribution in [-0.2, 0) is 4.79 Å². The Labute approximate surface area is 117 Å². The van der Waals surface area contributed by atoms with Gasteiger partial charge in [-0.05, 0) is 30.4 Å². The number of benzene rings is 1. The lowest BCUT2D eigenvalue weighted by Crippen LogP contribution is -2.43. The zero-order chi connectivity index (χ0) is 14.1. The summed E-state index contributed by atoms with van der Waals surface area (Å²) >= 11 is 0. The first-order valence-electron chi connectivity index (χ1n) is 6.82. The van der Waals surface area contributed by atoms with Gasteiger partial charge in [0.25, 0.3) is 0 Å². The van der Waals surface area contributed by atoms with E-state index in [1.54, 1.807) is 0 Å². The fraction of sp³-hybridized carbons (Fsp3) is 0.400. The van der Waals surface area contributed by atoms with Crippen molar-refractivity contribution >= 4 is 11.6 Å². The lowest BCUT2D eigenvalue weighted by Gasteiger charge is -2.28. The molecule has 1 aromatic rings. The van der Waals surface area contributed by atoms with Crippen molar-refractivity contribution in [2.45, 2.75) is 12.7 Å². The van der Waals surface area contributed by atoms with Gasteiger partial charge in [0, 0.05) is 5.92 Å². The van der Waals surface area contributed by atoms with Crippen molar-refractivity contribution in [1.82, 2.24) is 5.43 Å². The summed E-state index contributed by atoms with van der Waals surface area (Å²) in [6, 6.07) is 9.33. The summed E-state index contributed by atoms with van der Waals surface area (Å²) in [7, 11) is 0. The van der Waals surface area contributed by atoms with Crippen LogP contribution in [0.25, 0.3) is 0 Å². The molecule has 2 aliphatic carbocycles. The maximum atomic E-state index is 12.3. The van der Waals surface area contributed by atoms with E-state index in [9.17, 15) is 15.0 Å². The van der Waals surface area contributed by atoms with Crippen molar-refractivity contribution in [3.8, 4) is 0 Å². The molecule has 1 amide bonds. The monoisotopic (exact) mass is 274 g/mol. The largest absolute Gasteiger partial charge is 0.368 e. The van der Waals surface area contributed by atoms with Gasteiger partial charge in [-0.1, -0.05) is 30.4 Å². The molecule has 5 nitrogen and oxygen atoms in total. The van der Waals surface area contributed by atoms with Crippen LogP contribution in [0.1, 0.15) is 6.42 Å². The molecule has 3 rings (SSSR count). The minimum absolute atomic E-state index is 0.0903. The minimum atomic E-state index is -1.46. The number of rotatable bonds is 4. The standard InChI is InChI=1S/C15H18N2O3/c18-14(17-16-11-4-2-1-3-5-11)12-9-6-7-10(8-9)13(12)15(19)20/h1-7,9-10,12-13,15-16,19-20H,8H2,(H,17,18). The first kappa shape index (κ1) is 13.1. The molecule has 0 radical (unpaired) electrons. The van der Waals surface area contributed by atoms with E-state index in [-0.39, 0.29) is 23.7 Å². The quantitative estimate of drug-likeness (QED) is 0.373. The maximum absolute atomic E-state index is 12.3. The van der Waals surface area contributed by atoms with Gasteiger partial charge in [-0.15, -0.1) is 0 Å². The Morgan fingerprint density at radius 3 is 2.55 bits per heavy atom. The third-order valence-corrected chi connectivity index (χ3v) is 4.27. The normalized spacial score (nSPS) is 30.8. The van der Waals surface area contributed by atoms with Crippen LogP contribution in [0.4, 0.5) is 5.69 Å². The molecule has 1 aromatic carbocycles. The molecule has 4 unspecified atom stereocenters. The van der Waals surface area contributed by atoms with Gasteiger partial charge < -0.3 is 10.2 Å². The van der Waals surface area contributed by atoms with Gasteiger partial charge in [-0.3, -0.25) is 15.6 Å². The second-order valence-electron chi connectivity index (χ2n) is 5.45. The predicted octanol–water partition coefficient (Wildman–Crippen LogP) is 0.879. The Bertz CT molecular complexity index is 515. The summed E-state index contributed by atoms with van der Waals surface area (Å²) in [6.07, 6.45) is 3.37. The van der Waals surface area contributed by atoms with Crippen LogP contribution in [0.5, 0.6) is 0 Å². The van der Waals surface area contributed by atoms with Gasteiger partial charge in [0.05, 0.1) is 11.6 Å². The van der Waals surface area contributed by atoms with Crippen molar-refractivity contribution in [3.63, 3.8) is 0 Å². The second kappa shape index (κ2) is 5.26. The number of fused-ring (bicyclic) bond motifs is 2. The Hall–Kier alpha value is -1.85. The zero-order valence-electron chi connectivity index (χ0n) is 10.9. The van der Waals surface area contributed by atoms with E-state index in [1.807, 2.05) is 42.5 Å². The molecule has 4 N–H and O–H groups in total. The molecule has 0 aromatic heterocycles. The van der Waals surface area contributed by atoms with Gasteiger partial charge in [0.2, 0.25) is 5.91 Å². The Morgan fingerprint density at radius 2 is 1.85 bits per heavy atom. The lowest BCUT2D eigenvalue weighted by molar-refractivity contribution is -0.139. The number of anilines is 1. The van der Waals surface area contributed by atoms with E-state index in [1.165, 1.54) is 0 Å². The summed E-state index contributed by atoms with van der Waals surface area (Å²) in [5.74, 6) is -0.801. The van der Waals surface area contributed by atoms with E-state index in [4.69, 9.17) is 0 Å². The van der Waals surface area contributed by atoms with Crippen molar-refractivity contribution in [1.29, 1.82) is 0 Å². The number of amides is 1. The molecular weight excluding hydrogens is 256 g/mol. The fourth-order valence-corrected chi connectivity index (χ4v) is 3.37. The highest BCUT2D eigenvalue weighted by Gasteiger charge is 2.50. The third kappa shape index (κ3) is 2.30. The number of para-hydroxylation sites is 1. The van der Waals surface area contributed by atoms with Gasteiger partial charge in [-0.25, -0.2) is 0 Å². The van der Waals surface area contributed by atoms with Crippen LogP contribution >= 0.6 is 0 Å². The smallest absolute Gasteiger partial charge is 0.242 e. The molecule has 20 heavy (non-hydrogen) atoms. The van der Waals surface area contributed by atoms with Crippen LogP contribution in [0.15, 0.2) is 42.5 Å². The van der Waals surface area contributed by atoms with E-state index in [2.05, 4.69) is 10.9 Å². The molecule has 1 saturated carbocycles. The summed E-state index contributed by atoms with van der Waals surface area (Å²) in [5, 5.41) is 19.0. The van der Waals surface area contributed by atoms with Crippen molar-refractivity contribution in [3.05, 3.63) is 42.5 Å². The number of hydrogen-bond acceptors (Lipinski definition) is 4. The van der Waals surface area contributed by atoms with E-state index < -0.39 is 12.2 Å². The van der Waals surface area contributed by atoms with E-state index in [0.717, 1.165) is 12.1 Å². The van der Waals surface area contributed by atoms with Gasteiger partial charge in [0.15, 0.2) is 6.29 Å². The van der Waals surface area contributed by atoms with Crippen LogP contribution in [0.2, 0.25) is 0 Å². The number of carbonyl (C=O) groups excluding carboxylic acids is 1. The van der Waals surface area contributed by atoms with Crippen molar-refractivity contribution < 1.29 is 15.0 Å². The van der Waals surface area contributed by atoms with Crippen LogP contribution in [0, 0.1) is 23.7 Å². The molecular formula is C15H18N2O3. The maximum Gasteiger partial charge on any atom is 0.242 e. The summed E-state index contributed by atoms with van der Waals surface area (Å²) in [5.41, 5.74) is 6.31. The van der Waals surface area contributed by atoms with Crippen LogP contribution in [0.3, 0.4) is 0 Å². The van der Waals surface area contributed by atoms with E-state index in [0.29, 0.717) is 0 Å². The first-order valence-corrected chi connectivity index (χ1v) is 6.82. The van der Waals surface area contributed by atoms with Crippen LogP contribution < -0.4 is 10.9 Å². The van der Waals surface area contributed by atoms with Gasteiger partial charge in [0.1, 0.15) is 0 Å². The Kier molecular flexibility index (Phi) is 3.46. The first-order chi connectivity index (χ1) is 9.66. The molecule has 0 saturated heterocycles. The van der Waals surface area contributed by atoms with Crippen LogP contribution in [-0.4, -0.2) is 22.4 Å². The third-order valence-electron chi connectivity index (χ3n) is 4.27. The average molecular weight is 274 g/mol. The molecule has 1 fully saturated rings. The Balaban J connectivity index is 1.66. The zero-order valence-corrected chi connectivity index (χ0v) is 10.9. The highest BCUT2D eigenvalue weighted by Crippen LogP contribution is 2.49. The molecule has 106 valence electrons. The average Bonchev–Trinajstić information content (AvgIpc) is 3.06. The molecule has 2 bridgehead atoms. The van der Waals surface area contributed by atoms with E-state index >= 15 is 0 Å². The Morgan fingerprint density at radius 1 is 1.15 bits per heavy atom. The topological polar surface area (TPSA) is 81.6 Å². The molecule has 0 aliphatic heterocycles. The number of hydrazine groups is 1. The second-order valence-corrected chi connectivity index (χ2v) is 5.45. The molecule has 4 atom stereocenters. The number of aliphatic hydroxyl groups is 2. The summed E-state index contributed by atoms with van der Waals surface area (Å²) in [4.78, 5) is 12.3. The molecule has 0 heterocycles. The highest BCUT2D eigenvalue weighted by molar-refractivity contribution is 5.81. The summed E-state index contributed by atoms with van der Waals surface area (Å²) in [6.45, 7) is 0. The number of nitrogens with one attached hydrogen (secondary N) is 2. The molecule has 2 aliphatic rings. The summed E-state index contributed by atoms with van der Waals surface area (Å²) < 4.78 is 0. The predicted molar refractivity (Wildman–Crippen MR) is 74.2 cm³/mol. The molecule has 0 spiro atoms. The van der Waals surface area contributed by atoms with Gasteiger partial charge in [-0.2, -0.15) is 0 Å². The highest BCUT2D eigenvalue weighted by atomic mass is 16.5. The fourth-order valence-electron chi connectivity index (χ4n) is 3.37. The molecule has 5 heteroatoms. The number of carbonyl (C=O) groups is 1. The lowest BCUT2D eigenvalue weighted by atomic mass is 9.82. The number of aliphatic hydroxyl groups excluding tert-OH is 1. The van der Waals surface area contributed by atoms with Crippen molar-refractivity contribution in [2.75, 3.05) is 5.43 Å². The van der Waals surface area contributed by atoms with Gasteiger partial charge >= 0.3 is 0 Å². The van der Waals surface area contributed by atoms with Crippen molar-refractivity contribution in [2.24, 2.45) is 23.7 Å². The SMILES string of the molecule is O=C(NNc1ccccc1)C1C2C=CC(C2)C1C(O)O. The minimum Gasteiger partial charge on any atom is -0.368 e. The number of hydrogen-bond donors (Lipinski definition) is 4. The number of allylic oxidation sites excluding steroid dienone is 2.